The van der Waals surface area contributed by atoms with E-state index in [-0.39, 0.29) is 6.04 Å². The summed E-state index contributed by atoms with van der Waals surface area (Å²) in [5, 5.41) is 14.9. The highest BCUT2D eigenvalue weighted by molar-refractivity contribution is 9.10. The van der Waals surface area contributed by atoms with Gasteiger partial charge in [-0.2, -0.15) is 0 Å². The van der Waals surface area contributed by atoms with E-state index in [9.17, 15) is 0 Å². The number of aromatic nitrogens is 3. The maximum absolute atomic E-state index is 5.10. The van der Waals surface area contributed by atoms with Crippen LogP contribution in [0.1, 0.15) is 31.3 Å². The van der Waals surface area contributed by atoms with Crippen LogP contribution in [0.5, 0.6) is 0 Å². The monoisotopic (exact) mass is 422 g/mol. The lowest BCUT2D eigenvalue weighted by molar-refractivity contribution is 0.208. The smallest absolute Gasteiger partial charge is 0.191 e. The summed E-state index contributed by atoms with van der Waals surface area (Å²) in [5.74, 6) is 1.75. The SMILES string of the molecule is CCc1nncn1CCNC(=NCCOC)NC(C)c1ccccc1Br. The molecule has 0 amide bonds. The Kier molecular flexibility index (Phi) is 8.57. The van der Waals surface area contributed by atoms with Crippen molar-refractivity contribution in [1.29, 1.82) is 0 Å². The first-order chi connectivity index (χ1) is 12.7. The molecule has 0 saturated carbocycles. The number of nitrogens with one attached hydrogen (secondary N) is 2. The van der Waals surface area contributed by atoms with Gasteiger partial charge in [0.05, 0.1) is 19.2 Å². The van der Waals surface area contributed by atoms with Gasteiger partial charge in [-0.1, -0.05) is 41.1 Å². The number of nitrogens with zero attached hydrogens (tertiary/aromatic N) is 4. The van der Waals surface area contributed by atoms with Crippen LogP contribution in [0.15, 0.2) is 40.1 Å². The van der Waals surface area contributed by atoms with Crippen molar-refractivity contribution in [1.82, 2.24) is 25.4 Å². The van der Waals surface area contributed by atoms with Gasteiger partial charge in [0.2, 0.25) is 0 Å². The van der Waals surface area contributed by atoms with E-state index in [1.54, 1.807) is 13.4 Å². The number of hydrogen-bond acceptors (Lipinski definition) is 4. The number of methoxy groups -OCH3 is 1. The number of aryl methyl sites for hydroxylation is 1. The van der Waals surface area contributed by atoms with E-state index in [0.29, 0.717) is 13.2 Å². The second kappa shape index (κ2) is 10.9. The van der Waals surface area contributed by atoms with Crippen molar-refractivity contribution in [3.05, 3.63) is 46.5 Å². The Morgan fingerprint density at radius 2 is 2.19 bits per heavy atom. The Balaban J connectivity index is 1.97. The molecule has 7 nitrogen and oxygen atoms in total. The van der Waals surface area contributed by atoms with Crippen LogP contribution in [-0.2, 0) is 17.7 Å². The molecule has 0 saturated heterocycles. The molecule has 1 heterocycles. The van der Waals surface area contributed by atoms with Crippen LogP contribution in [-0.4, -0.2) is 47.5 Å². The fraction of sp³-hybridized carbons (Fsp3) is 0.500. The summed E-state index contributed by atoms with van der Waals surface area (Å²) in [6.07, 6.45) is 2.63. The van der Waals surface area contributed by atoms with Gasteiger partial charge < -0.3 is 19.9 Å². The van der Waals surface area contributed by atoms with E-state index in [4.69, 9.17) is 4.74 Å². The largest absolute Gasteiger partial charge is 0.383 e. The highest BCUT2D eigenvalue weighted by Gasteiger charge is 2.11. The van der Waals surface area contributed by atoms with Crippen molar-refractivity contribution in [2.45, 2.75) is 32.9 Å². The number of ether oxygens (including phenoxy) is 1. The number of aliphatic imine (C=N–C) groups is 1. The third kappa shape index (κ3) is 6.10. The third-order valence-electron chi connectivity index (χ3n) is 3.95. The fourth-order valence-electron chi connectivity index (χ4n) is 2.54. The molecule has 1 aromatic carbocycles. The Bertz CT molecular complexity index is 702. The van der Waals surface area contributed by atoms with E-state index in [1.807, 2.05) is 18.2 Å². The Morgan fingerprint density at radius 1 is 1.38 bits per heavy atom. The third-order valence-corrected chi connectivity index (χ3v) is 4.67. The molecule has 0 aliphatic heterocycles. The summed E-state index contributed by atoms with van der Waals surface area (Å²) in [6.45, 7) is 6.88. The predicted octanol–water partition coefficient (Wildman–Crippen LogP) is 2.55. The van der Waals surface area contributed by atoms with Crippen molar-refractivity contribution in [3.63, 3.8) is 0 Å². The van der Waals surface area contributed by atoms with Crippen LogP contribution < -0.4 is 10.6 Å². The molecule has 1 aromatic heterocycles. The Hall–Kier alpha value is -1.93. The van der Waals surface area contributed by atoms with Crippen LogP contribution in [0.4, 0.5) is 0 Å². The van der Waals surface area contributed by atoms with Gasteiger partial charge >= 0.3 is 0 Å². The molecule has 2 N–H and O–H groups in total. The van der Waals surface area contributed by atoms with Gasteiger partial charge in [0.15, 0.2) is 5.96 Å². The Labute approximate surface area is 163 Å². The van der Waals surface area contributed by atoms with Crippen LogP contribution in [0.3, 0.4) is 0 Å². The molecule has 26 heavy (non-hydrogen) atoms. The standard InChI is InChI=1S/C18H27BrN6O/c1-4-17-24-22-13-25(17)11-9-20-18(21-10-12-26-3)23-14(2)15-7-5-6-8-16(15)19/h5-8,13-14H,4,9-12H2,1-3H3,(H2,20,21,23). The van der Waals surface area contributed by atoms with Crippen LogP contribution >= 0.6 is 15.9 Å². The number of halogens is 1. The second-order valence-corrected chi connectivity index (χ2v) is 6.69. The summed E-state index contributed by atoms with van der Waals surface area (Å²) in [7, 11) is 1.68. The minimum Gasteiger partial charge on any atom is -0.383 e. The number of benzene rings is 1. The molecule has 2 aromatic rings. The van der Waals surface area contributed by atoms with Crippen molar-refractivity contribution in [2.24, 2.45) is 4.99 Å². The van der Waals surface area contributed by atoms with Gasteiger partial charge in [0.25, 0.3) is 0 Å². The summed E-state index contributed by atoms with van der Waals surface area (Å²) >= 11 is 3.61. The van der Waals surface area contributed by atoms with E-state index < -0.39 is 0 Å². The second-order valence-electron chi connectivity index (χ2n) is 5.83. The topological polar surface area (TPSA) is 76.4 Å². The van der Waals surface area contributed by atoms with E-state index in [0.717, 1.165) is 35.8 Å². The van der Waals surface area contributed by atoms with Crippen LogP contribution in [0.2, 0.25) is 0 Å². The zero-order valence-corrected chi connectivity index (χ0v) is 17.2. The molecule has 0 aliphatic rings. The van der Waals surface area contributed by atoms with Crippen molar-refractivity contribution < 1.29 is 4.74 Å². The highest BCUT2D eigenvalue weighted by Crippen LogP contribution is 2.22. The first-order valence-electron chi connectivity index (χ1n) is 8.80. The molecule has 8 heteroatoms. The average Bonchev–Trinajstić information content (AvgIpc) is 3.09. The molecule has 0 spiro atoms. The highest BCUT2D eigenvalue weighted by atomic mass is 79.9. The normalized spacial score (nSPS) is 12.8. The quantitative estimate of drug-likeness (QED) is 0.368. The minimum absolute atomic E-state index is 0.112. The first kappa shape index (κ1) is 20.4. The van der Waals surface area contributed by atoms with Gasteiger partial charge in [-0.05, 0) is 18.6 Å². The van der Waals surface area contributed by atoms with E-state index in [2.05, 4.69) is 66.2 Å². The zero-order chi connectivity index (χ0) is 18.8. The summed E-state index contributed by atoms with van der Waals surface area (Å²) < 4.78 is 8.23. The van der Waals surface area contributed by atoms with Crippen LogP contribution in [0, 0.1) is 0 Å². The lowest BCUT2D eigenvalue weighted by Crippen LogP contribution is -2.40. The minimum atomic E-state index is 0.112. The molecule has 1 atom stereocenters. The van der Waals surface area contributed by atoms with E-state index >= 15 is 0 Å². The van der Waals surface area contributed by atoms with E-state index in [1.165, 1.54) is 5.56 Å². The molecular weight excluding hydrogens is 396 g/mol. The molecule has 0 aliphatic carbocycles. The maximum atomic E-state index is 5.10. The van der Waals surface area contributed by atoms with Crippen molar-refractivity contribution in [3.8, 4) is 0 Å². The molecule has 142 valence electrons. The van der Waals surface area contributed by atoms with Gasteiger partial charge in [0.1, 0.15) is 12.2 Å². The van der Waals surface area contributed by atoms with Gasteiger partial charge in [-0.15, -0.1) is 10.2 Å². The van der Waals surface area contributed by atoms with Crippen LogP contribution in [0.25, 0.3) is 0 Å². The summed E-state index contributed by atoms with van der Waals surface area (Å²) in [6, 6.07) is 8.29. The number of hydrogen-bond donors (Lipinski definition) is 2. The number of guanidine groups is 1. The molecule has 1 unspecified atom stereocenters. The lowest BCUT2D eigenvalue weighted by Gasteiger charge is -2.20. The van der Waals surface area contributed by atoms with Crippen molar-refractivity contribution in [2.75, 3.05) is 26.8 Å². The fourth-order valence-corrected chi connectivity index (χ4v) is 3.17. The van der Waals surface area contributed by atoms with Gasteiger partial charge in [0, 0.05) is 31.1 Å². The van der Waals surface area contributed by atoms with Gasteiger partial charge in [-0.25, -0.2) is 0 Å². The maximum Gasteiger partial charge on any atom is 0.191 e. The summed E-state index contributed by atoms with van der Waals surface area (Å²) in [4.78, 5) is 4.58. The molecule has 0 radical (unpaired) electrons. The van der Waals surface area contributed by atoms with Crippen molar-refractivity contribution >= 4 is 21.9 Å². The molecule has 0 fully saturated rings. The summed E-state index contributed by atoms with van der Waals surface area (Å²) in [5.41, 5.74) is 1.18. The molecular formula is C18H27BrN6O. The van der Waals surface area contributed by atoms with Gasteiger partial charge in [-0.3, -0.25) is 4.99 Å². The Morgan fingerprint density at radius 3 is 2.92 bits per heavy atom. The lowest BCUT2D eigenvalue weighted by atomic mass is 10.1. The molecule has 2 rings (SSSR count). The molecule has 0 bridgehead atoms. The average molecular weight is 423 g/mol. The number of rotatable bonds is 9. The predicted molar refractivity (Wildman–Crippen MR) is 107 cm³/mol. The zero-order valence-electron chi connectivity index (χ0n) is 15.6. The first-order valence-corrected chi connectivity index (χ1v) is 9.59.